The number of nitrogens with two attached hydrogens (primary N) is 1. The van der Waals surface area contributed by atoms with E-state index in [0.717, 1.165) is 48.7 Å². The summed E-state index contributed by atoms with van der Waals surface area (Å²) in [4.78, 5) is 34.6. The van der Waals surface area contributed by atoms with E-state index in [0.29, 0.717) is 12.5 Å². The fourth-order valence-electron chi connectivity index (χ4n) is 4.46. The van der Waals surface area contributed by atoms with Gasteiger partial charge in [-0.1, -0.05) is 0 Å². The van der Waals surface area contributed by atoms with Crippen molar-refractivity contribution >= 4 is 33.6 Å². The van der Waals surface area contributed by atoms with E-state index < -0.39 is 12.0 Å². The van der Waals surface area contributed by atoms with E-state index in [2.05, 4.69) is 9.97 Å². The van der Waals surface area contributed by atoms with Gasteiger partial charge in [0.15, 0.2) is 0 Å². The molecule has 2 aromatic heterocycles. The number of amides is 2. The van der Waals surface area contributed by atoms with Crippen molar-refractivity contribution in [2.24, 2.45) is 5.73 Å². The quantitative estimate of drug-likeness (QED) is 0.685. The van der Waals surface area contributed by atoms with Gasteiger partial charge >= 0.3 is 6.09 Å². The number of carbonyl (C=O) groups excluding carboxylic acids is 1. The first kappa shape index (κ1) is 20.8. The highest BCUT2D eigenvalue weighted by Crippen LogP contribution is 2.46. The largest absolute Gasteiger partial charge is 0.474 e. The van der Waals surface area contributed by atoms with E-state index in [9.17, 15) is 14.7 Å². The van der Waals surface area contributed by atoms with E-state index in [1.54, 1.807) is 18.4 Å². The van der Waals surface area contributed by atoms with Crippen LogP contribution in [-0.4, -0.2) is 64.4 Å². The minimum atomic E-state index is -0.893. The van der Waals surface area contributed by atoms with Crippen molar-refractivity contribution in [3.05, 3.63) is 16.8 Å². The van der Waals surface area contributed by atoms with Gasteiger partial charge in [-0.2, -0.15) is 0 Å². The van der Waals surface area contributed by atoms with Crippen LogP contribution >= 0.6 is 11.3 Å². The third kappa shape index (κ3) is 4.20. The Morgan fingerprint density at radius 2 is 2.03 bits per heavy atom. The van der Waals surface area contributed by atoms with Crippen molar-refractivity contribution < 1.29 is 24.2 Å². The molecule has 0 saturated heterocycles. The third-order valence-corrected chi connectivity index (χ3v) is 7.20. The molecule has 2 aromatic rings. The number of primary amides is 1. The summed E-state index contributed by atoms with van der Waals surface area (Å²) in [5.41, 5.74) is 6.35. The Morgan fingerprint density at radius 1 is 1.27 bits per heavy atom. The van der Waals surface area contributed by atoms with Crippen LogP contribution in [0.3, 0.4) is 0 Å². The van der Waals surface area contributed by atoms with Crippen molar-refractivity contribution in [2.45, 2.75) is 56.6 Å². The van der Waals surface area contributed by atoms with Crippen LogP contribution in [0.15, 0.2) is 6.33 Å². The summed E-state index contributed by atoms with van der Waals surface area (Å²) in [6.45, 7) is 0.352. The van der Waals surface area contributed by atoms with Gasteiger partial charge in [-0.3, -0.25) is 4.79 Å². The summed E-state index contributed by atoms with van der Waals surface area (Å²) in [5.74, 6) is 0.288. The summed E-state index contributed by atoms with van der Waals surface area (Å²) < 4.78 is 11.8. The number of ether oxygens (including phenoxy) is 2. The monoisotopic (exact) mass is 434 g/mol. The fourth-order valence-corrected chi connectivity index (χ4v) is 5.69. The molecular formula is C20H26N4O5S. The summed E-state index contributed by atoms with van der Waals surface area (Å²) in [6, 6.07) is 0.0324. The molecule has 2 aliphatic carbocycles. The number of aryl methyl sites for hydroxylation is 1. The van der Waals surface area contributed by atoms with Crippen LogP contribution in [-0.2, 0) is 16.0 Å². The average Bonchev–Trinajstić information content (AvgIpc) is 3.27. The first-order chi connectivity index (χ1) is 14.4. The second-order valence-electron chi connectivity index (χ2n) is 7.96. The Morgan fingerprint density at radius 3 is 2.73 bits per heavy atom. The lowest BCUT2D eigenvalue weighted by atomic mass is 9.92. The van der Waals surface area contributed by atoms with Gasteiger partial charge in [0.05, 0.1) is 12.0 Å². The molecule has 2 aliphatic rings. The molecule has 30 heavy (non-hydrogen) atoms. The molecule has 1 fully saturated rings. The first-order valence-electron chi connectivity index (χ1n) is 10.2. The van der Waals surface area contributed by atoms with Crippen LogP contribution in [0.25, 0.3) is 10.2 Å². The molecule has 0 radical (unpaired) electrons. The molecule has 0 aromatic carbocycles. The van der Waals surface area contributed by atoms with Crippen LogP contribution in [0.5, 0.6) is 5.88 Å². The van der Waals surface area contributed by atoms with E-state index in [4.69, 9.17) is 15.2 Å². The van der Waals surface area contributed by atoms with Crippen molar-refractivity contribution in [1.82, 2.24) is 14.9 Å². The summed E-state index contributed by atoms with van der Waals surface area (Å²) in [5, 5.41) is 10.1. The minimum absolute atomic E-state index is 0.00283. The molecule has 1 atom stereocenters. The lowest BCUT2D eigenvalue weighted by Crippen LogP contribution is -2.40. The number of nitrogens with zero attached hydrogens (tertiary/aromatic N) is 3. The number of thiophene rings is 1. The van der Waals surface area contributed by atoms with Crippen LogP contribution in [0, 0.1) is 0 Å². The second-order valence-corrected chi connectivity index (χ2v) is 9.04. The van der Waals surface area contributed by atoms with Crippen molar-refractivity contribution in [3.63, 3.8) is 0 Å². The zero-order chi connectivity index (χ0) is 21.3. The van der Waals surface area contributed by atoms with Crippen molar-refractivity contribution in [1.29, 1.82) is 0 Å². The SMILES string of the molecule is CN(C(=O)O)C1CCC(Oc2ncnc3sc4c(c23)[C@@H](COCC(N)=O)CC4)CC1. The Balaban J connectivity index is 1.49. The lowest BCUT2D eigenvalue weighted by Gasteiger charge is -2.33. The second kappa shape index (κ2) is 8.73. The maximum Gasteiger partial charge on any atom is 0.407 e. The standard InChI is InChI=1S/C20H26N4O5S/c1-24(20(26)27)12-3-5-13(6-4-12)29-18-17-16-11(8-28-9-15(21)25)2-7-14(16)30-19(17)23-10-22-18/h10-13H,2-9H2,1H3,(H2,21,25)(H,26,27)/t11-,12?,13?/m1/s1. The highest BCUT2D eigenvalue weighted by Gasteiger charge is 2.32. The molecule has 2 heterocycles. The molecule has 9 nitrogen and oxygen atoms in total. The number of fused-ring (bicyclic) bond motifs is 3. The predicted molar refractivity (Wildman–Crippen MR) is 111 cm³/mol. The highest BCUT2D eigenvalue weighted by atomic mass is 32.1. The molecule has 0 bridgehead atoms. The topological polar surface area (TPSA) is 128 Å². The molecule has 0 aliphatic heterocycles. The van der Waals surface area contributed by atoms with Gasteiger partial charge in [0.1, 0.15) is 23.9 Å². The average molecular weight is 435 g/mol. The molecule has 0 unspecified atom stereocenters. The smallest absolute Gasteiger partial charge is 0.407 e. The Kier molecular flexibility index (Phi) is 6.05. The van der Waals surface area contributed by atoms with Crippen LogP contribution in [0.2, 0.25) is 0 Å². The highest BCUT2D eigenvalue weighted by molar-refractivity contribution is 7.19. The zero-order valence-electron chi connectivity index (χ0n) is 16.9. The third-order valence-electron chi connectivity index (χ3n) is 6.03. The predicted octanol–water partition coefficient (Wildman–Crippen LogP) is 2.52. The van der Waals surface area contributed by atoms with Gasteiger partial charge in [0.2, 0.25) is 11.8 Å². The molecule has 1 saturated carbocycles. The summed E-state index contributed by atoms with van der Waals surface area (Å²) >= 11 is 1.66. The Bertz CT molecular complexity index is 941. The van der Waals surface area contributed by atoms with E-state index in [1.807, 2.05) is 0 Å². The Labute approximate surface area is 178 Å². The molecular weight excluding hydrogens is 408 g/mol. The van der Waals surface area contributed by atoms with E-state index in [1.165, 1.54) is 21.7 Å². The van der Waals surface area contributed by atoms with Crippen LogP contribution in [0.4, 0.5) is 4.79 Å². The van der Waals surface area contributed by atoms with Crippen LogP contribution in [0.1, 0.15) is 48.5 Å². The van der Waals surface area contributed by atoms with Gasteiger partial charge < -0.3 is 25.2 Å². The van der Waals surface area contributed by atoms with E-state index in [-0.39, 0.29) is 24.7 Å². The number of rotatable bonds is 7. The molecule has 4 rings (SSSR count). The van der Waals surface area contributed by atoms with Gasteiger partial charge in [-0.15, -0.1) is 11.3 Å². The fraction of sp³-hybridized carbons (Fsp3) is 0.600. The number of hydrogen-bond acceptors (Lipinski definition) is 7. The van der Waals surface area contributed by atoms with Crippen LogP contribution < -0.4 is 10.5 Å². The molecule has 0 spiro atoms. The number of hydrogen-bond donors (Lipinski definition) is 2. The summed E-state index contributed by atoms with van der Waals surface area (Å²) in [6.07, 6.45) is 5.66. The van der Waals surface area contributed by atoms with Gasteiger partial charge in [-0.05, 0) is 44.1 Å². The maximum absolute atomic E-state index is 11.2. The Hall–Kier alpha value is -2.46. The van der Waals surface area contributed by atoms with Gasteiger partial charge in [0, 0.05) is 23.9 Å². The molecule has 2 amide bonds. The van der Waals surface area contributed by atoms with E-state index >= 15 is 0 Å². The number of carboxylic acid groups (broad SMARTS) is 1. The van der Waals surface area contributed by atoms with Gasteiger partial charge in [-0.25, -0.2) is 14.8 Å². The minimum Gasteiger partial charge on any atom is -0.474 e. The van der Waals surface area contributed by atoms with Crippen molar-refractivity contribution in [2.75, 3.05) is 20.3 Å². The maximum atomic E-state index is 11.2. The number of carbonyl (C=O) groups is 2. The van der Waals surface area contributed by atoms with Gasteiger partial charge in [0.25, 0.3) is 0 Å². The van der Waals surface area contributed by atoms with Crippen molar-refractivity contribution in [3.8, 4) is 5.88 Å². The summed E-state index contributed by atoms with van der Waals surface area (Å²) in [7, 11) is 1.62. The normalized spacial score (nSPS) is 23.3. The number of aromatic nitrogens is 2. The molecule has 3 N–H and O–H groups in total. The zero-order valence-corrected chi connectivity index (χ0v) is 17.7. The molecule has 162 valence electrons. The lowest BCUT2D eigenvalue weighted by molar-refractivity contribution is -0.122. The first-order valence-corrected chi connectivity index (χ1v) is 11.0. The molecule has 10 heteroatoms.